The fourth-order valence-electron chi connectivity index (χ4n) is 2.37. The van der Waals surface area contributed by atoms with E-state index >= 15 is 0 Å². The van der Waals surface area contributed by atoms with E-state index < -0.39 is 5.82 Å². The van der Waals surface area contributed by atoms with Crippen LogP contribution >= 0.6 is 11.8 Å². The van der Waals surface area contributed by atoms with E-state index in [-0.39, 0.29) is 11.5 Å². The van der Waals surface area contributed by atoms with E-state index in [4.69, 9.17) is 4.42 Å². The molecule has 0 fully saturated rings. The molecule has 0 aliphatic rings. The maximum Gasteiger partial charge on any atom is 0.191 e. The monoisotopic (exact) mass is 345 g/mol. The number of carbonyl (C=O) groups is 1. The van der Waals surface area contributed by atoms with Crippen molar-refractivity contribution < 1.29 is 13.6 Å². The van der Waals surface area contributed by atoms with Gasteiger partial charge in [-0.15, -0.1) is 10.2 Å². The number of nitrogens with zero attached hydrogens (tertiary/aromatic N) is 3. The lowest BCUT2D eigenvalue weighted by Gasteiger charge is -2.06. The molecule has 3 aromatic rings. The van der Waals surface area contributed by atoms with Gasteiger partial charge in [0.05, 0.1) is 17.6 Å². The summed E-state index contributed by atoms with van der Waals surface area (Å²) in [6.07, 6.45) is 1.61. The Morgan fingerprint density at radius 2 is 2.17 bits per heavy atom. The second-order valence-electron chi connectivity index (χ2n) is 5.16. The standard InChI is InChI=1S/C17H16FN3O2S/c1-3-21-16(14-7-8-23-11(14)2)19-20-17(21)24-10-15(22)12-5-4-6-13(18)9-12/h4-9H,3,10H2,1-2H3. The number of carbonyl (C=O) groups excluding carboxylic acids is 1. The van der Waals surface area contributed by atoms with Crippen LogP contribution in [0.4, 0.5) is 4.39 Å². The topological polar surface area (TPSA) is 60.9 Å². The molecule has 0 aliphatic carbocycles. The zero-order valence-electron chi connectivity index (χ0n) is 13.3. The van der Waals surface area contributed by atoms with Crippen LogP contribution in [0, 0.1) is 12.7 Å². The molecule has 24 heavy (non-hydrogen) atoms. The largest absolute Gasteiger partial charge is 0.469 e. The van der Waals surface area contributed by atoms with E-state index in [2.05, 4.69) is 10.2 Å². The Kier molecular flexibility index (Phi) is 4.80. The molecule has 0 unspecified atom stereocenters. The average Bonchev–Trinajstić information content (AvgIpc) is 3.17. The summed E-state index contributed by atoms with van der Waals surface area (Å²) in [6.45, 7) is 4.52. The van der Waals surface area contributed by atoms with Gasteiger partial charge in [0.25, 0.3) is 0 Å². The first kappa shape index (κ1) is 16.4. The maximum atomic E-state index is 13.2. The lowest BCUT2D eigenvalue weighted by Crippen LogP contribution is -2.05. The van der Waals surface area contributed by atoms with Crippen LogP contribution in [0.3, 0.4) is 0 Å². The molecule has 0 spiro atoms. The van der Waals surface area contributed by atoms with Crippen LogP contribution in [-0.4, -0.2) is 26.3 Å². The van der Waals surface area contributed by atoms with Crippen molar-refractivity contribution in [3.63, 3.8) is 0 Å². The summed E-state index contributed by atoms with van der Waals surface area (Å²) >= 11 is 1.29. The van der Waals surface area contributed by atoms with Gasteiger partial charge in [-0.2, -0.15) is 0 Å². The van der Waals surface area contributed by atoms with Crippen LogP contribution in [-0.2, 0) is 6.54 Å². The molecule has 2 aromatic heterocycles. The molecule has 7 heteroatoms. The van der Waals surface area contributed by atoms with Gasteiger partial charge in [0.1, 0.15) is 11.6 Å². The molecule has 1 aromatic carbocycles. The molecule has 0 saturated carbocycles. The first-order valence-electron chi connectivity index (χ1n) is 7.49. The Balaban J connectivity index is 1.78. The number of furan rings is 1. The third kappa shape index (κ3) is 3.26. The number of aromatic nitrogens is 3. The number of benzene rings is 1. The molecule has 0 bridgehead atoms. The summed E-state index contributed by atoms with van der Waals surface area (Å²) in [4.78, 5) is 12.2. The molecule has 0 N–H and O–H groups in total. The third-order valence-corrected chi connectivity index (χ3v) is 4.58. The van der Waals surface area contributed by atoms with Crippen LogP contribution in [0.2, 0.25) is 0 Å². The molecule has 0 atom stereocenters. The Hall–Kier alpha value is -2.41. The van der Waals surface area contributed by atoms with Gasteiger partial charge in [0, 0.05) is 12.1 Å². The van der Waals surface area contributed by atoms with E-state index in [0.717, 1.165) is 11.3 Å². The van der Waals surface area contributed by atoms with E-state index in [1.165, 1.54) is 30.0 Å². The SMILES string of the molecule is CCn1c(SCC(=O)c2cccc(F)c2)nnc1-c1ccoc1C. The Morgan fingerprint density at radius 3 is 2.83 bits per heavy atom. The number of thioether (sulfide) groups is 1. The minimum atomic E-state index is -0.416. The van der Waals surface area contributed by atoms with Crippen LogP contribution in [0.15, 0.2) is 46.2 Å². The molecule has 0 aliphatic heterocycles. The third-order valence-electron chi connectivity index (χ3n) is 3.61. The van der Waals surface area contributed by atoms with Gasteiger partial charge in [-0.1, -0.05) is 23.9 Å². The smallest absolute Gasteiger partial charge is 0.191 e. The number of aryl methyl sites for hydroxylation is 1. The molecule has 124 valence electrons. The highest BCUT2D eigenvalue weighted by atomic mass is 32.2. The fraction of sp³-hybridized carbons (Fsp3) is 0.235. The number of halogens is 1. The summed E-state index contributed by atoms with van der Waals surface area (Å²) in [5.41, 5.74) is 1.24. The van der Waals surface area contributed by atoms with Gasteiger partial charge in [0.15, 0.2) is 16.8 Å². The summed E-state index contributed by atoms with van der Waals surface area (Å²) in [5, 5.41) is 9.04. The Labute approximate surface area is 142 Å². The minimum absolute atomic E-state index is 0.147. The predicted molar refractivity (Wildman–Crippen MR) is 89.6 cm³/mol. The normalized spacial score (nSPS) is 11.0. The van der Waals surface area contributed by atoms with Crippen molar-refractivity contribution in [1.29, 1.82) is 0 Å². The molecule has 2 heterocycles. The molecule has 3 rings (SSSR count). The number of Topliss-reactive ketones (excluding diaryl/α,β-unsaturated/α-hetero) is 1. The fourth-order valence-corrected chi connectivity index (χ4v) is 3.27. The van der Waals surface area contributed by atoms with Crippen LogP contribution in [0.5, 0.6) is 0 Å². The van der Waals surface area contributed by atoms with Crippen molar-refractivity contribution in [1.82, 2.24) is 14.8 Å². The van der Waals surface area contributed by atoms with Gasteiger partial charge < -0.3 is 8.98 Å². The number of hydrogen-bond acceptors (Lipinski definition) is 5. The van der Waals surface area contributed by atoms with E-state index in [1.807, 2.05) is 24.5 Å². The second-order valence-corrected chi connectivity index (χ2v) is 6.11. The van der Waals surface area contributed by atoms with Gasteiger partial charge in [-0.3, -0.25) is 4.79 Å². The number of hydrogen-bond donors (Lipinski definition) is 0. The lowest BCUT2D eigenvalue weighted by molar-refractivity contribution is 0.102. The lowest BCUT2D eigenvalue weighted by atomic mass is 10.1. The Bertz CT molecular complexity index is 872. The second kappa shape index (κ2) is 7.00. The van der Waals surface area contributed by atoms with Crippen molar-refractivity contribution in [3.8, 4) is 11.4 Å². The van der Waals surface area contributed by atoms with E-state index in [9.17, 15) is 9.18 Å². The van der Waals surface area contributed by atoms with Gasteiger partial charge >= 0.3 is 0 Å². The summed E-state index contributed by atoms with van der Waals surface area (Å²) < 4.78 is 20.5. The van der Waals surface area contributed by atoms with Gasteiger partial charge in [0.2, 0.25) is 0 Å². The maximum absolute atomic E-state index is 13.2. The van der Waals surface area contributed by atoms with Crippen molar-refractivity contribution in [2.75, 3.05) is 5.75 Å². The Morgan fingerprint density at radius 1 is 1.33 bits per heavy atom. The van der Waals surface area contributed by atoms with Gasteiger partial charge in [-0.05, 0) is 32.0 Å². The summed E-state index contributed by atoms with van der Waals surface area (Å²) in [5.74, 6) is 1.09. The first-order valence-corrected chi connectivity index (χ1v) is 8.48. The van der Waals surface area contributed by atoms with Crippen molar-refractivity contribution in [2.24, 2.45) is 0 Å². The van der Waals surface area contributed by atoms with Crippen LogP contribution < -0.4 is 0 Å². The highest BCUT2D eigenvalue weighted by molar-refractivity contribution is 7.99. The zero-order chi connectivity index (χ0) is 17.1. The first-order chi connectivity index (χ1) is 11.6. The predicted octanol–water partition coefficient (Wildman–Crippen LogP) is 3.98. The molecule has 5 nitrogen and oxygen atoms in total. The molecular weight excluding hydrogens is 329 g/mol. The highest BCUT2D eigenvalue weighted by Gasteiger charge is 2.17. The molecular formula is C17H16FN3O2S. The molecule has 0 saturated heterocycles. The van der Waals surface area contributed by atoms with Crippen molar-refractivity contribution in [3.05, 3.63) is 53.7 Å². The van der Waals surface area contributed by atoms with Crippen LogP contribution in [0.1, 0.15) is 23.0 Å². The zero-order valence-corrected chi connectivity index (χ0v) is 14.1. The number of ketones is 1. The van der Waals surface area contributed by atoms with Gasteiger partial charge in [-0.25, -0.2) is 4.39 Å². The molecule has 0 radical (unpaired) electrons. The average molecular weight is 345 g/mol. The minimum Gasteiger partial charge on any atom is -0.469 e. The number of rotatable bonds is 6. The summed E-state index contributed by atoms with van der Waals surface area (Å²) in [7, 11) is 0. The van der Waals surface area contributed by atoms with E-state index in [1.54, 1.807) is 12.3 Å². The van der Waals surface area contributed by atoms with Crippen molar-refractivity contribution in [2.45, 2.75) is 25.5 Å². The van der Waals surface area contributed by atoms with E-state index in [0.29, 0.717) is 23.1 Å². The molecule has 0 amide bonds. The summed E-state index contributed by atoms with van der Waals surface area (Å²) in [6, 6.07) is 7.54. The highest BCUT2D eigenvalue weighted by Crippen LogP contribution is 2.27. The van der Waals surface area contributed by atoms with Crippen LogP contribution in [0.25, 0.3) is 11.4 Å². The quantitative estimate of drug-likeness (QED) is 0.499. The van der Waals surface area contributed by atoms with Crippen molar-refractivity contribution >= 4 is 17.5 Å².